The Morgan fingerprint density at radius 1 is 1.19 bits per heavy atom. The van der Waals surface area contributed by atoms with Crippen molar-refractivity contribution in [1.29, 1.82) is 0 Å². The van der Waals surface area contributed by atoms with Crippen LogP contribution < -0.4 is 4.90 Å². The van der Waals surface area contributed by atoms with Gasteiger partial charge in [0.15, 0.2) is 15.6 Å². The first-order valence-corrected chi connectivity index (χ1v) is 10.5. The summed E-state index contributed by atoms with van der Waals surface area (Å²) >= 11 is 0. The van der Waals surface area contributed by atoms with Crippen molar-refractivity contribution in [2.24, 2.45) is 0 Å². The summed E-state index contributed by atoms with van der Waals surface area (Å²) in [5, 5.41) is 0. The monoisotopic (exact) mass is 373 g/mol. The number of sulfone groups is 1. The molecule has 0 aliphatic carbocycles. The first-order chi connectivity index (χ1) is 12.3. The van der Waals surface area contributed by atoms with Crippen LogP contribution in [0.1, 0.15) is 22.8 Å². The Balaban J connectivity index is 1.89. The normalized spacial score (nSPS) is 17.9. The van der Waals surface area contributed by atoms with Crippen LogP contribution in [0.25, 0.3) is 0 Å². The minimum Gasteiger partial charge on any atom is -0.374 e. The number of morpholine rings is 1. The molecule has 0 amide bonds. The van der Waals surface area contributed by atoms with Gasteiger partial charge in [0.1, 0.15) is 0 Å². The Bertz CT molecular complexity index is 893. The van der Waals surface area contributed by atoms with Gasteiger partial charge in [-0.05, 0) is 30.7 Å². The average molecular weight is 373 g/mol. The van der Waals surface area contributed by atoms with E-state index in [4.69, 9.17) is 4.74 Å². The zero-order valence-electron chi connectivity index (χ0n) is 15.0. The van der Waals surface area contributed by atoms with E-state index in [1.807, 2.05) is 23.1 Å². The van der Waals surface area contributed by atoms with Gasteiger partial charge in [0.05, 0.1) is 23.3 Å². The standard InChI is InChI=1S/C20H23NO4S/c1-15(22)17-8-9-20(26(2,23)24)19(13-17)21-10-11-25-18(14-21)12-16-6-4-3-5-7-16/h3-9,13,18H,10-12,14H2,1-2H3. The highest BCUT2D eigenvalue weighted by Gasteiger charge is 2.26. The molecule has 1 aliphatic rings. The minimum atomic E-state index is -3.40. The third-order valence-electron chi connectivity index (χ3n) is 4.55. The third kappa shape index (κ3) is 4.31. The molecule has 0 N–H and O–H groups in total. The first-order valence-electron chi connectivity index (χ1n) is 8.60. The lowest BCUT2D eigenvalue weighted by molar-refractivity contribution is 0.0409. The van der Waals surface area contributed by atoms with Crippen molar-refractivity contribution in [1.82, 2.24) is 0 Å². The summed E-state index contributed by atoms with van der Waals surface area (Å²) in [7, 11) is -3.40. The lowest BCUT2D eigenvalue weighted by Gasteiger charge is -2.35. The zero-order valence-corrected chi connectivity index (χ0v) is 15.8. The zero-order chi connectivity index (χ0) is 18.7. The van der Waals surface area contributed by atoms with Gasteiger partial charge in [0.2, 0.25) is 0 Å². The van der Waals surface area contributed by atoms with Crippen molar-refractivity contribution in [2.75, 3.05) is 30.9 Å². The molecule has 2 aromatic carbocycles. The Kier molecular flexibility index (Phi) is 5.44. The number of hydrogen-bond donors (Lipinski definition) is 0. The van der Waals surface area contributed by atoms with E-state index in [0.29, 0.717) is 30.9 Å². The van der Waals surface area contributed by atoms with Gasteiger partial charge < -0.3 is 9.64 Å². The maximum absolute atomic E-state index is 12.2. The van der Waals surface area contributed by atoms with E-state index >= 15 is 0 Å². The molecule has 2 aromatic rings. The smallest absolute Gasteiger partial charge is 0.177 e. The van der Waals surface area contributed by atoms with Crippen LogP contribution in [0.15, 0.2) is 53.4 Å². The molecule has 138 valence electrons. The summed E-state index contributed by atoms with van der Waals surface area (Å²) in [6.45, 7) is 3.18. The quantitative estimate of drug-likeness (QED) is 0.754. The summed E-state index contributed by atoms with van der Waals surface area (Å²) in [6.07, 6.45) is 1.93. The fraction of sp³-hybridized carbons (Fsp3) is 0.350. The molecule has 5 nitrogen and oxygen atoms in total. The summed E-state index contributed by atoms with van der Waals surface area (Å²) < 4.78 is 30.3. The highest BCUT2D eigenvalue weighted by molar-refractivity contribution is 7.90. The largest absolute Gasteiger partial charge is 0.374 e. The summed E-state index contributed by atoms with van der Waals surface area (Å²) in [5.74, 6) is -0.0830. The van der Waals surface area contributed by atoms with Crippen LogP contribution in [-0.2, 0) is 21.0 Å². The number of ether oxygens (including phenoxy) is 1. The topological polar surface area (TPSA) is 63.7 Å². The maximum atomic E-state index is 12.2. The Labute approximate surface area is 154 Å². The third-order valence-corrected chi connectivity index (χ3v) is 5.69. The van der Waals surface area contributed by atoms with Crippen molar-refractivity contribution >= 4 is 21.3 Å². The second-order valence-corrected chi connectivity index (χ2v) is 8.62. The summed E-state index contributed by atoms with van der Waals surface area (Å²) in [6, 6.07) is 14.9. The fourth-order valence-electron chi connectivity index (χ4n) is 3.24. The van der Waals surface area contributed by atoms with Gasteiger partial charge in [0, 0.05) is 31.3 Å². The lowest BCUT2D eigenvalue weighted by atomic mass is 10.1. The molecule has 0 bridgehead atoms. The van der Waals surface area contributed by atoms with E-state index in [2.05, 4.69) is 12.1 Å². The van der Waals surface area contributed by atoms with Crippen LogP contribution in [0, 0.1) is 0 Å². The van der Waals surface area contributed by atoms with Gasteiger partial charge in [-0.15, -0.1) is 0 Å². The average Bonchev–Trinajstić information content (AvgIpc) is 2.61. The fourth-order valence-corrected chi connectivity index (χ4v) is 4.12. The van der Waals surface area contributed by atoms with Crippen molar-refractivity contribution in [3.05, 3.63) is 59.7 Å². The van der Waals surface area contributed by atoms with Crippen LogP contribution in [-0.4, -0.2) is 46.3 Å². The van der Waals surface area contributed by atoms with Crippen LogP contribution >= 0.6 is 0 Å². The molecule has 0 saturated carbocycles. The van der Waals surface area contributed by atoms with E-state index in [9.17, 15) is 13.2 Å². The van der Waals surface area contributed by atoms with Gasteiger partial charge in [-0.25, -0.2) is 8.42 Å². The van der Waals surface area contributed by atoms with Crippen molar-refractivity contribution < 1.29 is 17.9 Å². The highest BCUT2D eigenvalue weighted by Crippen LogP contribution is 2.29. The van der Waals surface area contributed by atoms with Crippen LogP contribution in [0.2, 0.25) is 0 Å². The minimum absolute atomic E-state index is 0.0282. The molecule has 1 aliphatic heterocycles. The number of rotatable bonds is 5. The molecule has 1 saturated heterocycles. The number of ketones is 1. The van der Waals surface area contributed by atoms with Gasteiger partial charge in [0.25, 0.3) is 0 Å². The van der Waals surface area contributed by atoms with Crippen molar-refractivity contribution in [3.63, 3.8) is 0 Å². The predicted molar refractivity (Wildman–Crippen MR) is 102 cm³/mol. The van der Waals surface area contributed by atoms with Gasteiger partial charge in [-0.1, -0.05) is 30.3 Å². The molecule has 1 unspecified atom stereocenters. The number of hydrogen-bond acceptors (Lipinski definition) is 5. The van der Waals surface area contributed by atoms with Crippen molar-refractivity contribution in [2.45, 2.75) is 24.3 Å². The van der Waals surface area contributed by atoms with Crippen LogP contribution in [0.5, 0.6) is 0 Å². The summed E-state index contributed by atoms with van der Waals surface area (Å²) in [5.41, 5.74) is 2.28. The number of Topliss-reactive ketones (excluding diaryl/α,β-unsaturated/α-hetero) is 1. The number of carbonyl (C=O) groups is 1. The molecule has 0 spiro atoms. The molecular formula is C20H23NO4S. The van der Waals surface area contributed by atoms with E-state index in [-0.39, 0.29) is 16.8 Å². The number of nitrogens with zero attached hydrogens (tertiary/aromatic N) is 1. The second kappa shape index (κ2) is 7.60. The van der Waals surface area contributed by atoms with E-state index in [0.717, 1.165) is 6.42 Å². The number of anilines is 1. The van der Waals surface area contributed by atoms with E-state index in [1.54, 1.807) is 12.1 Å². The Morgan fingerprint density at radius 3 is 2.58 bits per heavy atom. The molecule has 6 heteroatoms. The molecule has 1 heterocycles. The molecule has 3 rings (SSSR count). The summed E-state index contributed by atoms with van der Waals surface area (Å²) in [4.78, 5) is 14.0. The molecular weight excluding hydrogens is 350 g/mol. The van der Waals surface area contributed by atoms with Gasteiger partial charge in [-0.3, -0.25) is 4.79 Å². The molecule has 0 aromatic heterocycles. The second-order valence-electron chi connectivity index (χ2n) is 6.64. The lowest BCUT2D eigenvalue weighted by Crippen LogP contribution is -2.44. The number of carbonyl (C=O) groups excluding carboxylic acids is 1. The molecule has 1 atom stereocenters. The highest BCUT2D eigenvalue weighted by atomic mass is 32.2. The number of benzene rings is 2. The predicted octanol–water partition coefficient (Wildman–Crippen LogP) is 2.74. The van der Waals surface area contributed by atoms with Gasteiger partial charge in [-0.2, -0.15) is 0 Å². The van der Waals surface area contributed by atoms with Crippen LogP contribution in [0.3, 0.4) is 0 Å². The van der Waals surface area contributed by atoms with Gasteiger partial charge >= 0.3 is 0 Å². The molecule has 0 radical (unpaired) electrons. The first kappa shape index (κ1) is 18.6. The Hall–Kier alpha value is -2.18. The maximum Gasteiger partial charge on any atom is 0.177 e. The SMILES string of the molecule is CC(=O)c1ccc(S(C)(=O)=O)c(N2CCOC(Cc3ccccc3)C2)c1. The van der Waals surface area contributed by atoms with Crippen LogP contribution in [0.4, 0.5) is 5.69 Å². The van der Waals surface area contributed by atoms with E-state index < -0.39 is 9.84 Å². The Morgan fingerprint density at radius 2 is 1.92 bits per heavy atom. The van der Waals surface area contributed by atoms with E-state index in [1.165, 1.54) is 24.8 Å². The molecule has 1 fully saturated rings. The van der Waals surface area contributed by atoms with Crippen molar-refractivity contribution in [3.8, 4) is 0 Å². The molecule has 26 heavy (non-hydrogen) atoms.